The van der Waals surface area contributed by atoms with E-state index in [1.807, 2.05) is 0 Å². The molecule has 1 aromatic rings. The maximum absolute atomic E-state index is 12.5. The molecule has 1 fully saturated rings. The molecule has 8 heteroatoms. The number of piperidine rings is 1. The molecule has 25 heavy (non-hydrogen) atoms. The van der Waals surface area contributed by atoms with Gasteiger partial charge in [-0.05, 0) is 54.2 Å². The molecule has 1 amide bonds. The van der Waals surface area contributed by atoms with Crippen LogP contribution in [0.5, 0.6) is 5.75 Å². The number of carbonyl (C=O) groups is 1. The molecule has 1 saturated heterocycles. The summed E-state index contributed by atoms with van der Waals surface area (Å²) in [6.07, 6.45) is 3.97. The lowest BCUT2D eigenvalue weighted by atomic mass is 10.0. The van der Waals surface area contributed by atoms with E-state index in [9.17, 15) is 9.90 Å². The minimum Gasteiger partial charge on any atom is -0.506 e. The van der Waals surface area contributed by atoms with Gasteiger partial charge < -0.3 is 25.8 Å². The number of anilines is 1. The standard InChI is InChI=1S/C17H25BrClN3O3/c1-25-9-3-2-6-22-7-4-11(5-8-22)21-17(24)12-10-13(19)15(20)14(18)16(12)23/h10-11,23H,2-9,20H2,1H3,(H,21,24). The number of ether oxygens (including phenoxy) is 1. The average molecular weight is 435 g/mol. The zero-order chi connectivity index (χ0) is 18.4. The van der Waals surface area contributed by atoms with Crippen LogP contribution in [0, 0.1) is 0 Å². The molecule has 6 nitrogen and oxygen atoms in total. The quantitative estimate of drug-likeness (QED) is 0.453. The summed E-state index contributed by atoms with van der Waals surface area (Å²) in [5.41, 5.74) is 6.08. The van der Waals surface area contributed by atoms with Gasteiger partial charge in [-0.3, -0.25) is 4.79 Å². The van der Waals surface area contributed by atoms with Crippen LogP contribution < -0.4 is 11.1 Å². The van der Waals surface area contributed by atoms with Crippen LogP contribution in [0.15, 0.2) is 10.5 Å². The molecule has 0 spiro atoms. The third kappa shape index (κ3) is 5.48. The Balaban J connectivity index is 1.85. The van der Waals surface area contributed by atoms with Crippen LogP contribution in [0.3, 0.4) is 0 Å². The number of hydrogen-bond acceptors (Lipinski definition) is 5. The number of nitrogen functional groups attached to an aromatic ring is 1. The van der Waals surface area contributed by atoms with Gasteiger partial charge in [-0.25, -0.2) is 0 Å². The molecule has 4 N–H and O–H groups in total. The number of amides is 1. The second-order valence-corrected chi connectivity index (χ2v) is 7.47. The zero-order valence-corrected chi connectivity index (χ0v) is 16.7. The first-order valence-electron chi connectivity index (χ1n) is 8.42. The van der Waals surface area contributed by atoms with Gasteiger partial charge in [-0.1, -0.05) is 11.6 Å². The van der Waals surface area contributed by atoms with Crippen LogP contribution in [0.2, 0.25) is 5.02 Å². The largest absolute Gasteiger partial charge is 0.506 e. The van der Waals surface area contributed by atoms with Crippen LogP contribution in [-0.4, -0.2) is 55.3 Å². The van der Waals surface area contributed by atoms with Crippen molar-refractivity contribution in [3.8, 4) is 5.75 Å². The van der Waals surface area contributed by atoms with Crippen molar-refractivity contribution in [2.45, 2.75) is 31.7 Å². The molecule has 0 unspecified atom stereocenters. The number of benzene rings is 1. The lowest BCUT2D eigenvalue weighted by Gasteiger charge is -2.32. The van der Waals surface area contributed by atoms with E-state index in [-0.39, 0.29) is 38.4 Å². The minimum atomic E-state index is -0.335. The third-order valence-electron chi connectivity index (χ3n) is 4.47. The average Bonchev–Trinajstić information content (AvgIpc) is 2.61. The Hall–Kier alpha value is -1.02. The summed E-state index contributed by atoms with van der Waals surface area (Å²) in [7, 11) is 1.72. The van der Waals surface area contributed by atoms with E-state index in [0.717, 1.165) is 51.9 Å². The summed E-state index contributed by atoms with van der Waals surface area (Å²) in [6.45, 7) is 3.77. The molecule has 1 aliphatic rings. The number of rotatable bonds is 7. The molecule has 0 atom stereocenters. The van der Waals surface area contributed by atoms with Crippen molar-refractivity contribution in [3.05, 3.63) is 21.1 Å². The first-order chi connectivity index (χ1) is 11.9. The maximum atomic E-state index is 12.5. The van der Waals surface area contributed by atoms with E-state index in [1.165, 1.54) is 6.07 Å². The van der Waals surface area contributed by atoms with E-state index < -0.39 is 0 Å². The Morgan fingerprint density at radius 2 is 2.16 bits per heavy atom. The van der Waals surface area contributed by atoms with Crippen molar-refractivity contribution in [3.63, 3.8) is 0 Å². The number of halogens is 2. The molecule has 0 aromatic heterocycles. The van der Waals surface area contributed by atoms with Crippen molar-refractivity contribution < 1.29 is 14.6 Å². The van der Waals surface area contributed by atoms with Gasteiger partial charge in [0.25, 0.3) is 5.91 Å². The molecule has 0 radical (unpaired) electrons. The third-order valence-corrected chi connectivity index (χ3v) is 5.58. The van der Waals surface area contributed by atoms with Gasteiger partial charge in [-0.2, -0.15) is 0 Å². The Morgan fingerprint density at radius 1 is 1.48 bits per heavy atom. The van der Waals surface area contributed by atoms with Crippen molar-refractivity contribution in [2.75, 3.05) is 39.1 Å². The predicted octanol–water partition coefficient (Wildman–Crippen LogP) is 3.01. The molecule has 140 valence electrons. The first-order valence-corrected chi connectivity index (χ1v) is 9.59. The summed E-state index contributed by atoms with van der Waals surface area (Å²) in [5, 5.41) is 13.3. The van der Waals surface area contributed by atoms with Gasteiger partial charge in [0, 0.05) is 32.8 Å². The predicted molar refractivity (Wildman–Crippen MR) is 103 cm³/mol. The molecule has 0 bridgehead atoms. The van der Waals surface area contributed by atoms with Gasteiger partial charge in [0.05, 0.1) is 20.7 Å². The number of unbranched alkanes of at least 4 members (excludes halogenated alkanes) is 1. The Kier molecular flexibility index (Phi) is 7.81. The molecule has 1 aromatic carbocycles. The van der Waals surface area contributed by atoms with E-state index >= 15 is 0 Å². The number of methoxy groups -OCH3 is 1. The van der Waals surface area contributed by atoms with Gasteiger partial charge in [0.1, 0.15) is 5.75 Å². The molecular weight excluding hydrogens is 410 g/mol. The summed E-state index contributed by atoms with van der Waals surface area (Å²) >= 11 is 9.17. The highest BCUT2D eigenvalue weighted by Crippen LogP contribution is 2.38. The van der Waals surface area contributed by atoms with Crippen molar-refractivity contribution >= 4 is 39.1 Å². The molecule has 2 rings (SSSR count). The van der Waals surface area contributed by atoms with Crippen LogP contribution in [0.25, 0.3) is 0 Å². The van der Waals surface area contributed by atoms with Crippen molar-refractivity contribution in [1.29, 1.82) is 0 Å². The van der Waals surface area contributed by atoms with Gasteiger partial charge in [0.15, 0.2) is 0 Å². The molecule has 1 aliphatic heterocycles. The fourth-order valence-electron chi connectivity index (χ4n) is 2.94. The molecule has 0 saturated carbocycles. The molecule has 1 heterocycles. The topological polar surface area (TPSA) is 87.8 Å². The van der Waals surface area contributed by atoms with E-state index in [2.05, 4.69) is 26.1 Å². The number of nitrogens with one attached hydrogen (secondary N) is 1. The molecule has 0 aliphatic carbocycles. The molecular formula is C17H25BrClN3O3. The SMILES string of the molecule is COCCCCN1CCC(NC(=O)c2cc(Cl)c(N)c(Br)c2O)CC1. The summed E-state index contributed by atoms with van der Waals surface area (Å²) in [4.78, 5) is 14.9. The smallest absolute Gasteiger partial charge is 0.255 e. The highest BCUT2D eigenvalue weighted by Gasteiger charge is 2.24. The fourth-order valence-corrected chi connectivity index (χ4v) is 3.69. The normalized spacial score (nSPS) is 16.1. The number of carbonyl (C=O) groups excluding carboxylic acids is 1. The monoisotopic (exact) mass is 433 g/mol. The number of nitrogens with zero attached hydrogens (tertiary/aromatic N) is 1. The van der Waals surface area contributed by atoms with Crippen LogP contribution in [0.1, 0.15) is 36.0 Å². The lowest BCUT2D eigenvalue weighted by molar-refractivity contribution is 0.0906. The second kappa shape index (κ2) is 9.62. The number of likely N-dealkylation sites (tertiary alicyclic amines) is 1. The van der Waals surface area contributed by atoms with E-state index in [0.29, 0.717) is 0 Å². The number of nitrogens with two attached hydrogens (primary N) is 1. The Morgan fingerprint density at radius 3 is 2.80 bits per heavy atom. The van der Waals surface area contributed by atoms with Gasteiger partial charge >= 0.3 is 0 Å². The van der Waals surface area contributed by atoms with Crippen molar-refractivity contribution in [1.82, 2.24) is 10.2 Å². The lowest BCUT2D eigenvalue weighted by Crippen LogP contribution is -2.44. The van der Waals surface area contributed by atoms with Crippen LogP contribution >= 0.6 is 27.5 Å². The fraction of sp³-hybridized carbons (Fsp3) is 0.588. The maximum Gasteiger partial charge on any atom is 0.255 e. The first kappa shape index (κ1) is 20.3. The minimum absolute atomic E-state index is 0.0947. The number of aromatic hydroxyl groups is 1. The highest BCUT2D eigenvalue weighted by molar-refractivity contribution is 9.10. The Bertz CT molecular complexity index is 607. The van der Waals surface area contributed by atoms with Gasteiger partial charge in [-0.15, -0.1) is 0 Å². The summed E-state index contributed by atoms with van der Waals surface area (Å²) in [6, 6.07) is 1.49. The van der Waals surface area contributed by atoms with Crippen LogP contribution in [0.4, 0.5) is 5.69 Å². The summed E-state index contributed by atoms with van der Waals surface area (Å²) < 4.78 is 5.31. The number of phenols is 1. The summed E-state index contributed by atoms with van der Waals surface area (Å²) in [5.74, 6) is -0.520. The highest BCUT2D eigenvalue weighted by atomic mass is 79.9. The van der Waals surface area contributed by atoms with Crippen LogP contribution in [-0.2, 0) is 4.74 Å². The van der Waals surface area contributed by atoms with E-state index in [4.69, 9.17) is 22.1 Å². The second-order valence-electron chi connectivity index (χ2n) is 6.27. The number of hydrogen-bond donors (Lipinski definition) is 3. The number of phenolic OH excluding ortho intramolecular Hbond substituents is 1. The zero-order valence-electron chi connectivity index (χ0n) is 14.4. The van der Waals surface area contributed by atoms with Crippen molar-refractivity contribution in [2.24, 2.45) is 0 Å². The Labute approximate surface area is 161 Å². The van der Waals surface area contributed by atoms with E-state index in [1.54, 1.807) is 7.11 Å². The van der Waals surface area contributed by atoms with Gasteiger partial charge in [0.2, 0.25) is 0 Å².